The smallest absolute Gasteiger partial charge is 0.194 e. The summed E-state index contributed by atoms with van der Waals surface area (Å²) < 4.78 is 38.6. The van der Waals surface area contributed by atoms with Crippen LogP contribution in [0.2, 0.25) is 0 Å². The third-order valence-corrected chi connectivity index (χ3v) is 2.13. The fraction of sp³-hybridized carbons (Fsp3) is 0.0909. The van der Waals surface area contributed by atoms with E-state index in [1.54, 1.807) is 0 Å². The van der Waals surface area contributed by atoms with Crippen LogP contribution in [0.25, 0.3) is 11.4 Å². The van der Waals surface area contributed by atoms with Crippen molar-refractivity contribution in [3.8, 4) is 11.4 Å². The van der Waals surface area contributed by atoms with Crippen LogP contribution in [0.15, 0.2) is 24.5 Å². The molecule has 1 heterocycles. The van der Waals surface area contributed by atoms with Gasteiger partial charge in [-0.1, -0.05) is 0 Å². The summed E-state index contributed by atoms with van der Waals surface area (Å²) in [6.07, 6.45) is 2.64. The van der Waals surface area contributed by atoms with E-state index in [1.165, 1.54) is 12.4 Å². The van der Waals surface area contributed by atoms with Crippen molar-refractivity contribution in [3.63, 3.8) is 0 Å². The molecule has 3 nitrogen and oxygen atoms in total. The minimum absolute atomic E-state index is 0.0332. The normalized spacial score (nSPS) is 10.6. The first-order valence-electron chi connectivity index (χ1n) is 4.68. The molecule has 1 aromatic heterocycles. The van der Waals surface area contributed by atoms with Gasteiger partial charge in [0.1, 0.15) is 0 Å². The summed E-state index contributed by atoms with van der Waals surface area (Å²) in [5.74, 6) is -4.06. The van der Waals surface area contributed by atoms with Gasteiger partial charge in [0.25, 0.3) is 0 Å². The Labute approximate surface area is 94.6 Å². The summed E-state index contributed by atoms with van der Waals surface area (Å²) in [7, 11) is 0. The average molecular weight is 240 g/mol. The van der Waals surface area contributed by atoms with Crippen LogP contribution in [-0.4, -0.2) is 15.1 Å². The average Bonchev–Trinajstić information content (AvgIpc) is 2.35. The first kappa shape index (κ1) is 11.5. The molecule has 0 atom stereocenters. The molecule has 1 N–H and O–H groups in total. The Morgan fingerprint density at radius 3 is 2.00 bits per heavy atom. The summed E-state index contributed by atoms with van der Waals surface area (Å²) in [6, 6.07) is 1.62. The lowest BCUT2D eigenvalue weighted by Crippen LogP contribution is -1.96. The lowest BCUT2D eigenvalue weighted by molar-refractivity contribution is 0.281. The maximum atomic E-state index is 13.0. The van der Waals surface area contributed by atoms with E-state index in [4.69, 9.17) is 5.11 Å². The molecule has 88 valence electrons. The van der Waals surface area contributed by atoms with Gasteiger partial charge in [-0.2, -0.15) is 0 Å². The van der Waals surface area contributed by atoms with Gasteiger partial charge in [0, 0.05) is 23.5 Å². The minimum atomic E-state index is -1.53. The van der Waals surface area contributed by atoms with Gasteiger partial charge in [-0.3, -0.25) is 0 Å². The number of rotatable bonds is 2. The van der Waals surface area contributed by atoms with E-state index in [-0.39, 0.29) is 18.0 Å². The molecule has 0 spiro atoms. The lowest BCUT2D eigenvalue weighted by atomic mass is 10.2. The number of benzene rings is 1. The zero-order chi connectivity index (χ0) is 12.4. The SMILES string of the molecule is OCc1cnc(-c2cc(F)c(F)c(F)c2)nc1. The molecule has 17 heavy (non-hydrogen) atoms. The first-order chi connectivity index (χ1) is 8.11. The molecule has 0 unspecified atom stereocenters. The molecule has 0 bridgehead atoms. The Morgan fingerprint density at radius 2 is 1.53 bits per heavy atom. The van der Waals surface area contributed by atoms with Gasteiger partial charge < -0.3 is 5.11 Å². The van der Waals surface area contributed by atoms with Crippen LogP contribution in [0.4, 0.5) is 13.2 Å². The van der Waals surface area contributed by atoms with Crippen molar-refractivity contribution in [3.05, 3.63) is 47.5 Å². The molecule has 0 amide bonds. The second-order valence-corrected chi connectivity index (χ2v) is 3.33. The van der Waals surface area contributed by atoms with Crippen molar-refractivity contribution in [2.45, 2.75) is 6.61 Å². The lowest BCUT2D eigenvalue weighted by Gasteiger charge is -2.02. The standard InChI is InChI=1S/C11H7F3N2O/c12-8-1-7(2-9(13)10(8)14)11-15-3-6(5-17)4-16-11/h1-4,17H,5H2. The molecule has 2 rings (SSSR count). The van der Waals surface area contributed by atoms with E-state index in [9.17, 15) is 13.2 Å². The molecule has 0 saturated heterocycles. The highest BCUT2D eigenvalue weighted by Gasteiger charge is 2.12. The van der Waals surface area contributed by atoms with Crippen molar-refractivity contribution in [2.75, 3.05) is 0 Å². The molecular formula is C11H7F3N2O. The maximum absolute atomic E-state index is 13.0. The van der Waals surface area contributed by atoms with Crippen LogP contribution in [0, 0.1) is 17.5 Å². The molecule has 1 aromatic carbocycles. The highest BCUT2D eigenvalue weighted by atomic mass is 19.2. The van der Waals surface area contributed by atoms with E-state index < -0.39 is 17.5 Å². The van der Waals surface area contributed by atoms with E-state index in [0.29, 0.717) is 5.56 Å². The van der Waals surface area contributed by atoms with Crippen LogP contribution in [0.5, 0.6) is 0 Å². The molecule has 0 radical (unpaired) electrons. The number of aromatic nitrogens is 2. The van der Waals surface area contributed by atoms with Crippen molar-refractivity contribution in [1.29, 1.82) is 0 Å². The van der Waals surface area contributed by atoms with Crippen LogP contribution in [0.1, 0.15) is 5.56 Å². The number of halogens is 3. The Bertz CT molecular complexity index is 520. The molecular weight excluding hydrogens is 233 g/mol. The highest BCUT2D eigenvalue weighted by Crippen LogP contribution is 2.20. The van der Waals surface area contributed by atoms with Gasteiger partial charge in [-0.05, 0) is 12.1 Å². The fourth-order valence-corrected chi connectivity index (χ4v) is 1.27. The number of hydrogen-bond donors (Lipinski definition) is 1. The van der Waals surface area contributed by atoms with Crippen molar-refractivity contribution in [2.24, 2.45) is 0 Å². The van der Waals surface area contributed by atoms with E-state index >= 15 is 0 Å². The molecule has 0 aliphatic heterocycles. The highest BCUT2D eigenvalue weighted by molar-refractivity contribution is 5.54. The van der Waals surface area contributed by atoms with Gasteiger partial charge in [0.05, 0.1) is 6.61 Å². The molecule has 6 heteroatoms. The minimum Gasteiger partial charge on any atom is -0.392 e. The van der Waals surface area contributed by atoms with Crippen LogP contribution in [-0.2, 0) is 6.61 Å². The van der Waals surface area contributed by atoms with Gasteiger partial charge >= 0.3 is 0 Å². The number of aliphatic hydroxyl groups is 1. The third kappa shape index (κ3) is 2.26. The summed E-state index contributed by atoms with van der Waals surface area (Å²) in [5.41, 5.74) is 0.502. The molecule has 0 aliphatic carbocycles. The Hall–Kier alpha value is -1.95. The molecule has 0 fully saturated rings. The largest absolute Gasteiger partial charge is 0.392 e. The number of aliphatic hydroxyl groups excluding tert-OH is 1. The fourth-order valence-electron chi connectivity index (χ4n) is 1.27. The first-order valence-corrected chi connectivity index (χ1v) is 4.68. The second-order valence-electron chi connectivity index (χ2n) is 3.33. The second kappa shape index (κ2) is 4.50. The monoisotopic (exact) mass is 240 g/mol. The van der Waals surface area contributed by atoms with E-state index in [1.807, 2.05) is 0 Å². The third-order valence-electron chi connectivity index (χ3n) is 2.13. The molecule has 0 saturated carbocycles. The quantitative estimate of drug-likeness (QED) is 0.817. The van der Waals surface area contributed by atoms with Crippen LogP contribution in [0.3, 0.4) is 0 Å². The predicted octanol–water partition coefficient (Wildman–Crippen LogP) is 2.05. The Balaban J connectivity index is 2.45. The van der Waals surface area contributed by atoms with E-state index in [0.717, 1.165) is 12.1 Å². The Kier molecular flexibility index (Phi) is 3.06. The molecule has 2 aromatic rings. The predicted molar refractivity (Wildman–Crippen MR) is 53.3 cm³/mol. The van der Waals surface area contributed by atoms with Gasteiger partial charge in [0.15, 0.2) is 23.3 Å². The van der Waals surface area contributed by atoms with Gasteiger partial charge in [-0.15, -0.1) is 0 Å². The van der Waals surface area contributed by atoms with Crippen LogP contribution >= 0.6 is 0 Å². The van der Waals surface area contributed by atoms with Crippen molar-refractivity contribution in [1.82, 2.24) is 9.97 Å². The van der Waals surface area contributed by atoms with Gasteiger partial charge in [0.2, 0.25) is 0 Å². The van der Waals surface area contributed by atoms with Crippen LogP contribution < -0.4 is 0 Å². The number of nitrogens with zero attached hydrogens (tertiary/aromatic N) is 2. The Morgan fingerprint density at radius 1 is 1.00 bits per heavy atom. The van der Waals surface area contributed by atoms with Crippen molar-refractivity contribution < 1.29 is 18.3 Å². The summed E-state index contributed by atoms with van der Waals surface area (Å²) in [4.78, 5) is 7.61. The van der Waals surface area contributed by atoms with Gasteiger partial charge in [-0.25, -0.2) is 23.1 Å². The maximum Gasteiger partial charge on any atom is 0.194 e. The number of hydrogen-bond acceptors (Lipinski definition) is 3. The topological polar surface area (TPSA) is 46.0 Å². The summed E-state index contributed by atoms with van der Waals surface area (Å²) in [5, 5.41) is 8.77. The summed E-state index contributed by atoms with van der Waals surface area (Å²) >= 11 is 0. The van der Waals surface area contributed by atoms with Crippen molar-refractivity contribution >= 4 is 0 Å². The zero-order valence-electron chi connectivity index (χ0n) is 8.49. The molecule has 0 aliphatic rings. The zero-order valence-corrected chi connectivity index (χ0v) is 8.49. The van der Waals surface area contributed by atoms with E-state index in [2.05, 4.69) is 9.97 Å². The summed E-state index contributed by atoms with van der Waals surface area (Å²) in [6.45, 7) is -0.230.